The van der Waals surface area contributed by atoms with Gasteiger partial charge in [0.15, 0.2) is 0 Å². The van der Waals surface area contributed by atoms with Crippen LogP contribution >= 0.6 is 0 Å². The van der Waals surface area contributed by atoms with Gasteiger partial charge in [-0.1, -0.05) is 0 Å². The van der Waals surface area contributed by atoms with E-state index in [4.69, 9.17) is 0 Å². The molecule has 0 atom stereocenters. The van der Waals surface area contributed by atoms with Gasteiger partial charge in [0.2, 0.25) is 5.91 Å². The fraction of sp³-hybridized carbons (Fsp3) is 0.250. The van der Waals surface area contributed by atoms with Gasteiger partial charge in [0.1, 0.15) is 6.54 Å². The van der Waals surface area contributed by atoms with Crippen LogP contribution in [0.4, 0.5) is 5.69 Å². The van der Waals surface area contributed by atoms with Gasteiger partial charge in [-0.2, -0.15) is 5.10 Å². The number of hydrogen-bond acceptors (Lipinski definition) is 6. The third-order valence-electron chi connectivity index (χ3n) is 3.13. The number of esters is 2. The third-order valence-corrected chi connectivity index (χ3v) is 3.13. The van der Waals surface area contributed by atoms with Gasteiger partial charge >= 0.3 is 11.9 Å². The quantitative estimate of drug-likeness (QED) is 0.832. The Morgan fingerprint density at radius 1 is 1.08 bits per heavy atom. The molecule has 0 fully saturated rings. The van der Waals surface area contributed by atoms with Crippen molar-refractivity contribution in [2.24, 2.45) is 0 Å². The van der Waals surface area contributed by atoms with Crippen molar-refractivity contribution < 1.29 is 23.9 Å². The van der Waals surface area contributed by atoms with Gasteiger partial charge < -0.3 is 14.8 Å². The Kier molecular flexibility index (Phi) is 5.31. The van der Waals surface area contributed by atoms with Gasteiger partial charge in [-0.05, 0) is 30.7 Å². The number of methoxy groups -OCH3 is 2. The minimum absolute atomic E-state index is 0.00382. The Hall–Kier alpha value is -3.16. The number of aromatic nitrogens is 2. The summed E-state index contributed by atoms with van der Waals surface area (Å²) in [6.07, 6.45) is 3.37. The van der Waals surface area contributed by atoms with Crippen LogP contribution in [-0.2, 0) is 20.8 Å². The number of carbonyl (C=O) groups is 3. The standard InChI is InChI=1S/C16H17N3O5/c1-10-7-17-19(8-10)9-14(20)18-13-5-11(15(21)23-2)4-12(6-13)16(22)24-3/h4-8H,9H2,1-3H3,(H,18,20). The number of benzene rings is 1. The average molecular weight is 331 g/mol. The number of rotatable bonds is 5. The lowest BCUT2D eigenvalue weighted by Gasteiger charge is -2.09. The highest BCUT2D eigenvalue weighted by atomic mass is 16.5. The Bertz CT molecular complexity index is 748. The molecule has 2 aromatic rings. The summed E-state index contributed by atoms with van der Waals surface area (Å²) in [6, 6.07) is 4.18. The Morgan fingerprint density at radius 2 is 1.67 bits per heavy atom. The average Bonchev–Trinajstić information content (AvgIpc) is 2.97. The molecule has 126 valence electrons. The van der Waals surface area contributed by atoms with Crippen LogP contribution in [0.25, 0.3) is 0 Å². The molecule has 2 rings (SSSR count). The van der Waals surface area contributed by atoms with Crippen molar-refractivity contribution in [1.29, 1.82) is 0 Å². The number of nitrogens with one attached hydrogen (secondary N) is 1. The van der Waals surface area contributed by atoms with E-state index in [9.17, 15) is 14.4 Å². The second kappa shape index (κ2) is 7.40. The summed E-state index contributed by atoms with van der Waals surface area (Å²) in [5.41, 5.74) is 1.48. The first-order valence-corrected chi connectivity index (χ1v) is 7.03. The molecule has 1 aromatic carbocycles. The summed E-state index contributed by atoms with van der Waals surface area (Å²) in [5, 5.41) is 6.65. The van der Waals surface area contributed by atoms with Crippen LogP contribution in [0.15, 0.2) is 30.6 Å². The lowest BCUT2D eigenvalue weighted by Crippen LogP contribution is -2.19. The maximum atomic E-state index is 12.1. The molecule has 8 heteroatoms. The summed E-state index contributed by atoms with van der Waals surface area (Å²) in [7, 11) is 2.46. The van der Waals surface area contributed by atoms with E-state index in [1.54, 1.807) is 12.4 Å². The minimum atomic E-state index is -0.626. The molecule has 0 bridgehead atoms. The Balaban J connectivity index is 2.22. The molecule has 0 saturated heterocycles. The number of amides is 1. The van der Waals surface area contributed by atoms with Gasteiger partial charge in [-0.15, -0.1) is 0 Å². The van der Waals surface area contributed by atoms with Crippen LogP contribution < -0.4 is 5.32 Å². The van der Waals surface area contributed by atoms with E-state index in [-0.39, 0.29) is 29.3 Å². The van der Waals surface area contributed by atoms with Crippen molar-refractivity contribution in [3.8, 4) is 0 Å². The first-order valence-electron chi connectivity index (χ1n) is 7.03. The number of anilines is 1. The van der Waals surface area contributed by atoms with E-state index in [1.807, 2.05) is 6.92 Å². The van der Waals surface area contributed by atoms with E-state index >= 15 is 0 Å². The normalized spacial score (nSPS) is 10.1. The Labute approximate surface area is 138 Å². The first-order chi connectivity index (χ1) is 11.4. The van der Waals surface area contributed by atoms with Crippen LogP contribution in [0, 0.1) is 6.92 Å². The number of aryl methyl sites for hydroxylation is 1. The molecule has 1 aromatic heterocycles. The molecule has 1 N–H and O–H groups in total. The second-order valence-electron chi connectivity index (χ2n) is 5.05. The SMILES string of the molecule is COC(=O)c1cc(NC(=O)Cn2cc(C)cn2)cc(C(=O)OC)c1. The first kappa shape index (κ1) is 17.2. The van der Waals surface area contributed by atoms with E-state index < -0.39 is 11.9 Å². The molecule has 1 heterocycles. The highest BCUT2D eigenvalue weighted by molar-refractivity contribution is 5.99. The number of ether oxygens (including phenoxy) is 2. The fourth-order valence-electron chi connectivity index (χ4n) is 2.07. The lowest BCUT2D eigenvalue weighted by molar-refractivity contribution is -0.116. The van der Waals surface area contributed by atoms with Crippen LogP contribution in [0.2, 0.25) is 0 Å². The molecule has 0 saturated carbocycles. The number of carbonyl (C=O) groups excluding carboxylic acids is 3. The van der Waals surface area contributed by atoms with Crippen molar-refractivity contribution in [2.45, 2.75) is 13.5 Å². The predicted octanol–water partition coefficient (Wildman–Crippen LogP) is 1.40. The van der Waals surface area contributed by atoms with Crippen LogP contribution in [0.3, 0.4) is 0 Å². The van der Waals surface area contributed by atoms with Gasteiger partial charge in [0, 0.05) is 11.9 Å². The topological polar surface area (TPSA) is 99.5 Å². The predicted molar refractivity (Wildman–Crippen MR) is 84.7 cm³/mol. The van der Waals surface area contributed by atoms with Crippen LogP contribution in [0.5, 0.6) is 0 Å². The summed E-state index contributed by atoms with van der Waals surface area (Å²) >= 11 is 0. The highest BCUT2D eigenvalue weighted by Crippen LogP contribution is 2.17. The zero-order chi connectivity index (χ0) is 17.7. The van der Waals surface area contributed by atoms with Gasteiger partial charge in [0.25, 0.3) is 0 Å². The molecule has 0 unspecified atom stereocenters. The molecule has 0 aliphatic rings. The third kappa shape index (κ3) is 4.19. The van der Waals surface area contributed by atoms with Gasteiger partial charge in [-0.3, -0.25) is 9.48 Å². The smallest absolute Gasteiger partial charge is 0.337 e. The van der Waals surface area contributed by atoms with Crippen molar-refractivity contribution in [3.63, 3.8) is 0 Å². The van der Waals surface area contributed by atoms with Crippen LogP contribution in [-0.4, -0.2) is 41.8 Å². The highest BCUT2D eigenvalue weighted by Gasteiger charge is 2.15. The molecule has 0 aliphatic heterocycles. The maximum Gasteiger partial charge on any atom is 0.337 e. The molecule has 24 heavy (non-hydrogen) atoms. The van der Waals surface area contributed by atoms with Crippen molar-refractivity contribution in [3.05, 3.63) is 47.3 Å². The van der Waals surface area contributed by atoms with Gasteiger partial charge in [0.05, 0.1) is 31.5 Å². The molecule has 0 aliphatic carbocycles. The summed E-state index contributed by atoms with van der Waals surface area (Å²) in [6.45, 7) is 1.87. The molecular formula is C16H17N3O5. The number of nitrogens with zero attached hydrogens (tertiary/aromatic N) is 2. The second-order valence-corrected chi connectivity index (χ2v) is 5.05. The van der Waals surface area contributed by atoms with E-state index in [0.717, 1.165) is 5.56 Å². The van der Waals surface area contributed by atoms with Crippen molar-refractivity contribution >= 4 is 23.5 Å². The zero-order valence-electron chi connectivity index (χ0n) is 13.5. The molecule has 0 spiro atoms. The minimum Gasteiger partial charge on any atom is -0.465 e. The molecule has 8 nitrogen and oxygen atoms in total. The largest absolute Gasteiger partial charge is 0.465 e. The fourth-order valence-corrected chi connectivity index (χ4v) is 2.07. The van der Waals surface area contributed by atoms with E-state index in [1.165, 1.54) is 37.1 Å². The Morgan fingerprint density at radius 3 is 2.12 bits per heavy atom. The molecule has 0 radical (unpaired) electrons. The van der Waals surface area contributed by atoms with E-state index in [2.05, 4.69) is 19.9 Å². The van der Waals surface area contributed by atoms with Gasteiger partial charge in [-0.25, -0.2) is 9.59 Å². The van der Waals surface area contributed by atoms with E-state index in [0.29, 0.717) is 0 Å². The summed E-state index contributed by atoms with van der Waals surface area (Å²) in [5.74, 6) is -1.60. The zero-order valence-corrected chi connectivity index (χ0v) is 13.5. The maximum absolute atomic E-state index is 12.1. The number of hydrogen-bond donors (Lipinski definition) is 1. The molecule has 1 amide bonds. The lowest BCUT2D eigenvalue weighted by atomic mass is 10.1. The van der Waals surface area contributed by atoms with Crippen molar-refractivity contribution in [2.75, 3.05) is 19.5 Å². The molecular weight excluding hydrogens is 314 g/mol. The monoisotopic (exact) mass is 331 g/mol. The summed E-state index contributed by atoms with van der Waals surface area (Å²) < 4.78 is 10.8. The summed E-state index contributed by atoms with van der Waals surface area (Å²) in [4.78, 5) is 35.5. The van der Waals surface area contributed by atoms with Crippen LogP contribution in [0.1, 0.15) is 26.3 Å². The van der Waals surface area contributed by atoms with Crippen molar-refractivity contribution in [1.82, 2.24) is 9.78 Å².